The van der Waals surface area contributed by atoms with Crippen molar-refractivity contribution in [3.63, 3.8) is 0 Å². The van der Waals surface area contributed by atoms with Crippen molar-refractivity contribution in [1.29, 1.82) is 0 Å². The fourth-order valence-electron chi connectivity index (χ4n) is 3.36. The van der Waals surface area contributed by atoms with E-state index in [2.05, 4.69) is 6.58 Å². The molecule has 0 radical (unpaired) electrons. The van der Waals surface area contributed by atoms with Gasteiger partial charge in [0.2, 0.25) is 10.0 Å². The minimum atomic E-state index is -4.12. The van der Waals surface area contributed by atoms with Crippen molar-refractivity contribution < 1.29 is 32.7 Å². The van der Waals surface area contributed by atoms with Crippen molar-refractivity contribution in [2.75, 3.05) is 6.54 Å². The van der Waals surface area contributed by atoms with Gasteiger partial charge in [0.25, 0.3) is 5.91 Å². The first-order valence-electron chi connectivity index (χ1n) is 9.54. The van der Waals surface area contributed by atoms with Gasteiger partial charge in [-0.3, -0.25) is 10.0 Å². The molecule has 0 saturated carbocycles. The van der Waals surface area contributed by atoms with Crippen LogP contribution in [-0.2, 0) is 21.4 Å². The highest BCUT2D eigenvalue weighted by Gasteiger charge is 2.40. The average molecular weight is 450 g/mol. The predicted molar refractivity (Wildman–Crippen MR) is 110 cm³/mol. The lowest BCUT2D eigenvalue weighted by molar-refractivity contribution is -0.135. The Kier molecular flexibility index (Phi) is 7.06. The van der Waals surface area contributed by atoms with E-state index in [1.807, 2.05) is 0 Å². The number of nitrogens with one attached hydrogen (secondary N) is 1. The van der Waals surface area contributed by atoms with E-state index in [-0.39, 0.29) is 30.9 Å². The number of carbonyl (C=O) groups excluding carboxylic acids is 1. The number of carbonyl (C=O) groups is 1. The molecule has 1 amide bonds. The van der Waals surface area contributed by atoms with Crippen LogP contribution >= 0.6 is 0 Å². The molecule has 1 saturated heterocycles. The van der Waals surface area contributed by atoms with Gasteiger partial charge in [-0.05, 0) is 54.8 Å². The molecule has 166 valence electrons. The highest BCUT2D eigenvalue weighted by Crippen LogP contribution is 2.27. The van der Waals surface area contributed by atoms with Crippen molar-refractivity contribution in [2.45, 2.75) is 36.5 Å². The van der Waals surface area contributed by atoms with E-state index in [1.54, 1.807) is 18.2 Å². The number of amides is 1. The molecule has 1 aliphatic rings. The molecular formula is C21H23FN2O6S. The minimum absolute atomic E-state index is 0.0589. The normalized spacial score (nSPS) is 19.6. The summed E-state index contributed by atoms with van der Waals surface area (Å²) in [6.45, 7) is 3.31. The lowest BCUT2D eigenvalue weighted by atomic mass is 10.0. The number of aliphatic hydroxyl groups is 1. The Bertz CT molecular complexity index is 1060. The summed E-state index contributed by atoms with van der Waals surface area (Å²) in [5, 5.41) is 18.8. The molecule has 2 atom stereocenters. The van der Waals surface area contributed by atoms with Gasteiger partial charge in [0.05, 0.1) is 11.0 Å². The topological polar surface area (TPSA) is 116 Å². The molecule has 1 heterocycles. The van der Waals surface area contributed by atoms with Gasteiger partial charge < -0.3 is 9.84 Å². The quantitative estimate of drug-likeness (QED) is 0.439. The van der Waals surface area contributed by atoms with E-state index < -0.39 is 33.9 Å². The highest BCUT2D eigenvalue weighted by molar-refractivity contribution is 7.89. The van der Waals surface area contributed by atoms with Gasteiger partial charge in [-0.25, -0.2) is 18.3 Å². The molecule has 1 aliphatic heterocycles. The molecule has 8 nitrogen and oxygen atoms in total. The zero-order chi connectivity index (χ0) is 22.6. The maximum absolute atomic E-state index is 13.9. The Balaban J connectivity index is 1.76. The smallest absolute Gasteiger partial charge is 0.261 e. The molecule has 10 heteroatoms. The van der Waals surface area contributed by atoms with Crippen LogP contribution in [0.5, 0.6) is 5.75 Å². The van der Waals surface area contributed by atoms with Crippen LogP contribution in [0.4, 0.5) is 4.39 Å². The van der Waals surface area contributed by atoms with Crippen LogP contribution in [0.1, 0.15) is 24.0 Å². The minimum Gasteiger partial charge on any atom is -0.489 e. The first kappa shape index (κ1) is 22.9. The van der Waals surface area contributed by atoms with Crippen molar-refractivity contribution in [3.8, 4) is 5.75 Å². The third-order valence-corrected chi connectivity index (χ3v) is 6.94. The SMILES string of the molecule is C=Cc1ccc(F)c(COc2ccc(S(=O)(=O)N3C[C@H](O)CC[C@@H]3C(=O)NO)cc2)c1. The summed E-state index contributed by atoms with van der Waals surface area (Å²) in [5.74, 6) is -0.966. The number of β-amino-alcohol motifs (C(OH)–C–C–N with tert-alkyl or cyclic N) is 1. The number of rotatable bonds is 7. The molecule has 3 rings (SSSR count). The second-order valence-electron chi connectivity index (χ2n) is 7.11. The number of nitrogens with zero attached hydrogens (tertiary/aromatic N) is 1. The molecule has 0 aromatic heterocycles. The van der Waals surface area contributed by atoms with Crippen LogP contribution < -0.4 is 10.2 Å². The molecule has 3 N–H and O–H groups in total. The molecule has 0 unspecified atom stereocenters. The number of hydrogen-bond donors (Lipinski definition) is 3. The van der Waals surface area contributed by atoms with Gasteiger partial charge in [-0.15, -0.1) is 0 Å². The van der Waals surface area contributed by atoms with Crippen LogP contribution in [0, 0.1) is 5.82 Å². The zero-order valence-electron chi connectivity index (χ0n) is 16.6. The third-order valence-electron chi connectivity index (χ3n) is 5.05. The molecule has 1 fully saturated rings. The number of sulfonamides is 1. The van der Waals surface area contributed by atoms with Gasteiger partial charge in [-0.1, -0.05) is 18.7 Å². The number of hydrogen-bond acceptors (Lipinski definition) is 6. The number of ether oxygens (including phenoxy) is 1. The maximum atomic E-state index is 13.9. The molecule has 2 aromatic rings. The lowest BCUT2D eigenvalue weighted by Gasteiger charge is -2.35. The van der Waals surface area contributed by atoms with E-state index >= 15 is 0 Å². The summed E-state index contributed by atoms with van der Waals surface area (Å²) in [6, 6.07) is 8.83. The van der Waals surface area contributed by atoms with Crippen molar-refractivity contribution in [1.82, 2.24) is 9.79 Å². The summed E-state index contributed by atoms with van der Waals surface area (Å²) < 4.78 is 46.4. The third kappa shape index (κ3) is 5.10. The van der Waals surface area contributed by atoms with E-state index in [1.165, 1.54) is 35.8 Å². The van der Waals surface area contributed by atoms with Crippen molar-refractivity contribution >= 4 is 22.0 Å². The van der Waals surface area contributed by atoms with Crippen LogP contribution in [0.15, 0.2) is 53.9 Å². The number of piperidine rings is 1. The first-order valence-corrected chi connectivity index (χ1v) is 11.0. The highest BCUT2D eigenvalue weighted by atomic mass is 32.2. The summed E-state index contributed by atoms with van der Waals surface area (Å²) in [7, 11) is -4.12. The number of benzene rings is 2. The average Bonchev–Trinajstić information content (AvgIpc) is 2.78. The molecule has 31 heavy (non-hydrogen) atoms. The van der Waals surface area contributed by atoms with E-state index in [4.69, 9.17) is 9.94 Å². The molecular weight excluding hydrogens is 427 g/mol. The standard InChI is InChI=1S/C21H23FN2O6S/c1-2-14-3-9-19(22)15(11-14)13-30-17-5-7-18(8-6-17)31(28,29)24-12-16(25)4-10-20(24)21(26)23-27/h2-3,5-9,11,16,20,25,27H,1,4,10,12-13H2,(H,23,26)/t16-,20-/m1/s1. The largest absolute Gasteiger partial charge is 0.489 e. The number of halogens is 1. The molecule has 0 spiro atoms. The Morgan fingerprint density at radius 3 is 2.61 bits per heavy atom. The zero-order valence-corrected chi connectivity index (χ0v) is 17.4. The summed E-state index contributed by atoms with van der Waals surface area (Å²) in [4.78, 5) is 11.8. The molecule has 0 bridgehead atoms. The summed E-state index contributed by atoms with van der Waals surface area (Å²) in [6.07, 6.45) is 0.982. The van der Waals surface area contributed by atoms with Crippen molar-refractivity contribution in [3.05, 3.63) is 66.0 Å². The lowest BCUT2D eigenvalue weighted by Crippen LogP contribution is -2.54. The van der Waals surface area contributed by atoms with Crippen LogP contribution in [0.3, 0.4) is 0 Å². The maximum Gasteiger partial charge on any atom is 0.261 e. The van der Waals surface area contributed by atoms with Crippen LogP contribution in [0.2, 0.25) is 0 Å². The molecule has 2 aromatic carbocycles. The fraction of sp³-hybridized carbons (Fsp3) is 0.286. The second kappa shape index (κ2) is 9.56. The van der Waals surface area contributed by atoms with E-state index in [9.17, 15) is 22.7 Å². The van der Waals surface area contributed by atoms with Gasteiger partial charge in [-0.2, -0.15) is 4.31 Å². The Labute approximate surface area is 179 Å². The van der Waals surface area contributed by atoms with E-state index in [0.29, 0.717) is 11.3 Å². The monoisotopic (exact) mass is 450 g/mol. The van der Waals surface area contributed by atoms with Gasteiger partial charge >= 0.3 is 0 Å². The van der Waals surface area contributed by atoms with Crippen molar-refractivity contribution in [2.24, 2.45) is 0 Å². The van der Waals surface area contributed by atoms with E-state index in [0.717, 1.165) is 9.87 Å². The summed E-state index contributed by atoms with van der Waals surface area (Å²) in [5.41, 5.74) is 2.54. The predicted octanol–water partition coefficient (Wildman–Crippen LogP) is 2.07. The Morgan fingerprint density at radius 2 is 1.97 bits per heavy atom. The number of hydroxylamine groups is 1. The Morgan fingerprint density at radius 1 is 1.26 bits per heavy atom. The molecule has 0 aliphatic carbocycles. The second-order valence-corrected chi connectivity index (χ2v) is 9.00. The van der Waals surface area contributed by atoms with Gasteiger partial charge in [0, 0.05) is 12.1 Å². The fourth-order valence-corrected chi connectivity index (χ4v) is 5.01. The van der Waals surface area contributed by atoms with Gasteiger partial charge in [0.1, 0.15) is 24.2 Å². The summed E-state index contributed by atoms with van der Waals surface area (Å²) >= 11 is 0. The van der Waals surface area contributed by atoms with Gasteiger partial charge in [0.15, 0.2) is 0 Å². The van der Waals surface area contributed by atoms with Crippen LogP contribution in [-0.4, -0.2) is 47.6 Å². The first-order chi connectivity index (χ1) is 14.8. The Hall–Kier alpha value is -2.79. The number of aliphatic hydroxyl groups excluding tert-OH is 1. The van der Waals surface area contributed by atoms with Crippen LogP contribution in [0.25, 0.3) is 6.08 Å².